The molecular formula is CH4CdCl2O. The Morgan fingerprint density at radius 2 is 1.00 bits per heavy atom. The average Bonchev–Trinajstić information content (AvgIpc) is 1.00. The molecule has 0 aromatic heterocycles. The summed E-state index contributed by atoms with van der Waals surface area (Å²) >= 11 is 0. The van der Waals surface area contributed by atoms with Crippen LogP contribution in [-0.4, -0.2) is 12.2 Å². The van der Waals surface area contributed by atoms with Gasteiger partial charge in [0.05, 0.1) is 0 Å². The normalized spacial score (nSPS) is 1.20. The van der Waals surface area contributed by atoms with E-state index in [2.05, 4.69) is 0 Å². The van der Waals surface area contributed by atoms with E-state index in [1.807, 2.05) is 0 Å². The van der Waals surface area contributed by atoms with Gasteiger partial charge in [0.25, 0.3) is 0 Å². The summed E-state index contributed by atoms with van der Waals surface area (Å²) in [6.45, 7) is 0. The zero-order valence-corrected chi connectivity index (χ0v) is 8.46. The third kappa shape index (κ3) is 30.6. The van der Waals surface area contributed by atoms with Crippen molar-refractivity contribution >= 4 is 0 Å². The SMILES string of the molecule is CO.[Cd+2].[Cl-].[Cl-]. The van der Waals surface area contributed by atoms with E-state index >= 15 is 0 Å². The molecule has 0 aliphatic carbocycles. The molecule has 30 valence electrons. The Morgan fingerprint density at radius 3 is 1.00 bits per heavy atom. The van der Waals surface area contributed by atoms with Crippen LogP contribution < -0.4 is 24.8 Å². The molecule has 0 atom stereocenters. The van der Waals surface area contributed by atoms with Crippen LogP contribution in [0.25, 0.3) is 0 Å². The van der Waals surface area contributed by atoms with E-state index in [1.54, 1.807) is 0 Å². The van der Waals surface area contributed by atoms with Gasteiger partial charge in [0, 0.05) is 7.11 Å². The van der Waals surface area contributed by atoms with Crippen LogP contribution in [0.1, 0.15) is 0 Å². The largest absolute Gasteiger partial charge is 2.00 e. The van der Waals surface area contributed by atoms with Crippen molar-refractivity contribution in [2.45, 2.75) is 0 Å². The molecule has 0 rings (SSSR count). The Morgan fingerprint density at radius 1 is 1.00 bits per heavy atom. The molecule has 0 aromatic rings. The molecule has 0 fully saturated rings. The minimum atomic E-state index is 0. The summed E-state index contributed by atoms with van der Waals surface area (Å²) in [6.07, 6.45) is 0. The van der Waals surface area contributed by atoms with Gasteiger partial charge >= 0.3 is 27.3 Å². The van der Waals surface area contributed by atoms with Crippen LogP contribution >= 0.6 is 0 Å². The summed E-state index contributed by atoms with van der Waals surface area (Å²) in [7, 11) is 1.00. The zero-order valence-electron chi connectivity index (χ0n) is 2.91. The molecule has 0 radical (unpaired) electrons. The molecule has 0 saturated heterocycles. The monoisotopic (exact) mass is 216 g/mol. The number of halogens is 2. The van der Waals surface area contributed by atoms with Crippen LogP contribution in [0, 0.1) is 0 Å². The van der Waals surface area contributed by atoms with Gasteiger partial charge in [-0.25, -0.2) is 0 Å². The summed E-state index contributed by atoms with van der Waals surface area (Å²) in [6, 6.07) is 0. The van der Waals surface area contributed by atoms with Crippen LogP contribution in [0.2, 0.25) is 0 Å². The van der Waals surface area contributed by atoms with Crippen molar-refractivity contribution in [1.82, 2.24) is 0 Å². The fraction of sp³-hybridized carbons (Fsp3) is 1.00. The second kappa shape index (κ2) is 50.9. The Labute approximate surface area is 64.1 Å². The van der Waals surface area contributed by atoms with E-state index in [0.29, 0.717) is 0 Å². The molecule has 0 bridgehead atoms. The van der Waals surface area contributed by atoms with Gasteiger partial charge in [0.1, 0.15) is 0 Å². The number of aliphatic hydroxyl groups excluding tert-OH is 1. The minimum Gasteiger partial charge on any atom is -1.00 e. The Kier molecular flexibility index (Phi) is 324. The predicted molar refractivity (Wildman–Crippen MR) is 8.14 cm³/mol. The summed E-state index contributed by atoms with van der Waals surface area (Å²) in [5.74, 6) is 0. The van der Waals surface area contributed by atoms with Gasteiger partial charge in [-0.1, -0.05) is 0 Å². The maximum atomic E-state index is 7.00. The van der Waals surface area contributed by atoms with Crippen molar-refractivity contribution in [3.05, 3.63) is 0 Å². The van der Waals surface area contributed by atoms with Gasteiger partial charge in [0.15, 0.2) is 0 Å². The van der Waals surface area contributed by atoms with Crippen molar-refractivity contribution in [3.8, 4) is 0 Å². The summed E-state index contributed by atoms with van der Waals surface area (Å²) in [5, 5.41) is 7.00. The van der Waals surface area contributed by atoms with E-state index in [-0.39, 0.29) is 52.1 Å². The molecule has 0 aromatic carbocycles. The second-order valence-electron chi connectivity index (χ2n) is 0. The molecule has 0 amide bonds. The smallest absolute Gasteiger partial charge is 1.00 e. The zero-order chi connectivity index (χ0) is 2.00. The van der Waals surface area contributed by atoms with Gasteiger partial charge in [-0.05, 0) is 0 Å². The number of rotatable bonds is 0. The third-order valence-electron chi connectivity index (χ3n) is 0. The minimum absolute atomic E-state index is 0. The quantitative estimate of drug-likeness (QED) is 0.399. The second-order valence-corrected chi connectivity index (χ2v) is 0. The van der Waals surface area contributed by atoms with Gasteiger partial charge < -0.3 is 29.9 Å². The molecule has 5 heavy (non-hydrogen) atoms. The standard InChI is InChI=1S/CH4O.Cd.2ClH/c1-2;;;/h2H,1H3;;2*1H/q;+2;;/p-2. The molecule has 4 heteroatoms. The fourth-order valence-corrected chi connectivity index (χ4v) is 0. The van der Waals surface area contributed by atoms with Crippen molar-refractivity contribution in [2.75, 3.05) is 7.11 Å². The third-order valence-corrected chi connectivity index (χ3v) is 0. The van der Waals surface area contributed by atoms with Crippen LogP contribution in [0.4, 0.5) is 0 Å². The van der Waals surface area contributed by atoms with Crippen LogP contribution in [0.3, 0.4) is 0 Å². The summed E-state index contributed by atoms with van der Waals surface area (Å²) < 4.78 is 0. The molecule has 1 nitrogen and oxygen atoms in total. The first-order valence-electron chi connectivity index (χ1n) is 0.447. The van der Waals surface area contributed by atoms with Gasteiger partial charge in [-0.2, -0.15) is 0 Å². The molecule has 0 heterocycles. The van der Waals surface area contributed by atoms with Crippen molar-refractivity contribution in [2.24, 2.45) is 0 Å². The number of hydrogen-bond acceptors (Lipinski definition) is 1. The molecule has 0 aliphatic heterocycles. The first-order valence-corrected chi connectivity index (χ1v) is 0.447. The Balaban J connectivity index is -0.00000000167. The molecular weight excluding hydrogens is 211 g/mol. The van der Waals surface area contributed by atoms with E-state index in [1.165, 1.54) is 0 Å². The summed E-state index contributed by atoms with van der Waals surface area (Å²) in [4.78, 5) is 0. The maximum Gasteiger partial charge on any atom is 2.00 e. The maximum absolute atomic E-state index is 7.00. The van der Waals surface area contributed by atoms with E-state index < -0.39 is 0 Å². The van der Waals surface area contributed by atoms with E-state index in [4.69, 9.17) is 5.11 Å². The van der Waals surface area contributed by atoms with Gasteiger partial charge in [-0.15, -0.1) is 0 Å². The molecule has 0 saturated carbocycles. The molecule has 1 N–H and O–H groups in total. The van der Waals surface area contributed by atoms with Crippen LogP contribution in [-0.2, 0) is 27.3 Å². The number of aliphatic hydroxyl groups is 1. The van der Waals surface area contributed by atoms with E-state index in [9.17, 15) is 0 Å². The first kappa shape index (κ1) is 31.8. The Hall–Kier alpha value is 1.46. The first-order chi connectivity index (χ1) is 1.00. The topological polar surface area (TPSA) is 20.2 Å². The Bertz CT molecular complexity index is 9.61. The van der Waals surface area contributed by atoms with Crippen molar-refractivity contribution in [1.29, 1.82) is 0 Å². The van der Waals surface area contributed by atoms with Crippen LogP contribution in [0.5, 0.6) is 0 Å². The molecule has 0 spiro atoms. The van der Waals surface area contributed by atoms with Crippen LogP contribution in [0.15, 0.2) is 0 Å². The molecule has 0 unspecified atom stereocenters. The molecule has 0 aliphatic rings. The van der Waals surface area contributed by atoms with Gasteiger partial charge in [-0.3, -0.25) is 0 Å². The number of hydrogen-bond donors (Lipinski definition) is 1. The average molecular weight is 215 g/mol. The van der Waals surface area contributed by atoms with E-state index in [0.717, 1.165) is 7.11 Å². The summed E-state index contributed by atoms with van der Waals surface area (Å²) in [5.41, 5.74) is 0. The fourth-order valence-electron chi connectivity index (χ4n) is 0. The van der Waals surface area contributed by atoms with Crippen molar-refractivity contribution < 1.29 is 57.2 Å². The predicted octanol–water partition coefficient (Wildman–Crippen LogP) is -6.39. The van der Waals surface area contributed by atoms with Crippen molar-refractivity contribution in [3.63, 3.8) is 0 Å². The van der Waals surface area contributed by atoms with Gasteiger partial charge in [0.2, 0.25) is 0 Å².